The van der Waals surface area contributed by atoms with Gasteiger partial charge in [-0.3, -0.25) is 4.79 Å². The number of benzene rings is 1. The molecule has 6 nitrogen and oxygen atoms in total. The van der Waals surface area contributed by atoms with Crippen molar-refractivity contribution in [1.29, 1.82) is 0 Å². The predicted octanol–water partition coefficient (Wildman–Crippen LogP) is 4.11. The number of carbonyl (C=O) groups excluding carboxylic acids is 1. The number of halogens is 1. The number of carbonyl (C=O) groups is 1. The molecule has 31 heavy (non-hydrogen) atoms. The van der Waals surface area contributed by atoms with Gasteiger partial charge in [0.15, 0.2) is 0 Å². The van der Waals surface area contributed by atoms with Gasteiger partial charge in [-0.05, 0) is 50.3 Å². The Morgan fingerprint density at radius 2 is 1.87 bits per heavy atom. The fourth-order valence-corrected chi connectivity index (χ4v) is 5.17. The third-order valence-corrected chi connectivity index (χ3v) is 7.10. The van der Waals surface area contributed by atoms with Gasteiger partial charge in [-0.1, -0.05) is 30.7 Å². The molecule has 2 aliphatic rings. The van der Waals surface area contributed by atoms with Gasteiger partial charge < -0.3 is 15.0 Å². The number of likely N-dealkylation sites (tertiary alicyclic amines) is 1. The summed E-state index contributed by atoms with van der Waals surface area (Å²) in [5, 5.41) is 3.81. The number of hydrogen-bond acceptors (Lipinski definition) is 5. The fourth-order valence-electron chi connectivity index (χ4n) is 5.04. The van der Waals surface area contributed by atoms with Crippen LogP contribution in [0, 0.1) is 6.92 Å². The Kier molecular flexibility index (Phi) is 6.22. The number of anilines is 1. The van der Waals surface area contributed by atoms with E-state index in [2.05, 4.69) is 22.1 Å². The number of nitrogens with one attached hydrogen (secondary N) is 1. The van der Waals surface area contributed by atoms with Gasteiger partial charge in [0.2, 0.25) is 5.91 Å². The highest BCUT2D eigenvalue weighted by molar-refractivity contribution is 6.30. The van der Waals surface area contributed by atoms with Gasteiger partial charge in [0, 0.05) is 49.9 Å². The van der Waals surface area contributed by atoms with Crippen LogP contribution < -0.4 is 5.32 Å². The van der Waals surface area contributed by atoms with Crippen molar-refractivity contribution in [2.45, 2.75) is 50.4 Å². The summed E-state index contributed by atoms with van der Waals surface area (Å²) < 4.78 is 5.64. The summed E-state index contributed by atoms with van der Waals surface area (Å²) >= 11 is 6.13. The van der Waals surface area contributed by atoms with Crippen molar-refractivity contribution in [1.82, 2.24) is 14.9 Å². The van der Waals surface area contributed by atoms with Gasteiger partial charge in [-0.25, -0.2) is 9.97 Å². The highest BCUT2D eigenvalue weighted by Crippen LogP contribution is 2.40. The van der Waals surface area contributed by atoms with Crippen LogP contribution in [0.5, 0.6) is 0 Å². The van der Waals surface area contributed by atoms with Crippen LogP contribution in [0.1, 0.15) is 49.7 Å². The molecule has 1 atom stereocenters. The van der Waals surface area contributed by atoms with Crippen LogP contribution in [0.3, 0.4) is 0 Å². The van der Waals surface area contributed by atoms with Gasteiger partial charge in [-0.2, -0.15) is 0 Å². The van der Waals surface area contributed by atoms with Crippen molar-refractivity contribution in [2.24, 2.45) is 0 Å². The van der Waals surface area contributed by atoms with Crippen molar-refractivity contribution in [3.8, 4) is 0 Å². The van der Waals surface area contributed by atoms with E-state index in [4.69, 9.17) is 21.3 Å². The summed E-state index contributed by atoms with van der Waals surface area (Å²) in [5.41, 5.74) is 1.26. The third kappa shape index (κ3) is 4.28. The fraction of sp³-hybridized carbons (Fsp3) is 0.542. The van der Waals surface area contributed by atoms with Crippen molar-refractivity contribution >= 4 is 23.3 Å². The Bertz CT molecular complexity index is 943. The van der Waals surface area contributed by atoms with Gasteiger partial charge in [0.1, 0.15) is 11.6 Å². The average molecular weight is 443 g/mol. The molecule has 2 fully saturated rings. The maximum atomic E-state index is 14.1. The van der Waals surface area contributed by atoms with E-state index >= 15 is 0 Å². The summed E-state index contributed by atoms with van der Waals surface area (Å²) in [6.07, 6.45) is 3.33. The Morgan fingerprint density at radius 3 is 2.55 bits per heavy atom. The molecule has 0 saturated carbocycles. The minimum Gasteiger partial charge on any atom is -0.381 e. The van der Waals surface area contributed by atoms with Gasteiger partial charge in [0.25, 0.3) is 0 Å². The quantitative estimate of drug-likeness (QED) is 0.771. The second-order valence-electron chi connectivity index (χ2n) is 9.03. The zero-order chi connectivity index (χ0) is 22.1. The number of amides is 1. The average Bonchev–Trinajstić information content (AvgIpc) is 2.79. The predicted molar refractivity (Wildman–Crippen MR) is 123 cm³/mol. The van der Waals surface area contributed by atoms with Crippen LogP contribution in [0.15, 0.2) is 30.3 Å². The molecule has 2 aromatic rings. The van der Waals surface area contributed by atoms with E-state index in [-0.39, 0.29) is 11.3 Å². The number of ether oxygens (including phenoxy) is 1. The highest BCUT2D eigenvalue weighted by Gasteiger charge is 2.46. The lowest BCUT2D eigenvalue weighted by Gasteiger charge is -2.45. The number of nitrogens with zero attached hydrogens (tertiary/aromatic N) is 3. The number of hydrogen-bond donors (Lipinski definition) is 1. The topological polar surface area (TPSA) is 67.4 Å². The number of piperidine rings is 1. The summed E-state index contributed by atoms with van der Waals surface area (Å²) in [5.74, 6) is 1.76. The van der Waals surface area contributed by atoms with Crippen LogP contribution >= 0.6 is 11.6 Å². The lowest BCUT2D eigenvalue weighted by atomic mass is 9.71. The molecular formula is C24H31ClN4O2. The van der Waals surface area contributed by atoms with E-state index in [1.807, 2.05) is 44.3 Å². The second-order valence-corrected chi connectivity index (χ2v) is 9.46. The molecule has 2 saturated heterocycles. The first-order chi connectivity index (χ1) is 14.9. The Morgan fingerprint density at radius 1 is 1.16 bits per heavy atom. The lowest BCUT2D eigenvalue weighted by molar-refractivity contribution is -0.143. The number of aryl methyl sites for hydroxylation is 1. The molecule has 1 aromatic carbocycles. The highest BCUT2D eigenvalue weighted by atomic mass is 35.5. The monoisotopic (exact) mass is 442 g/mol. The second kappa shape index (κ2) is 8.75. The largest absolute Gasteiger partial charge is 0.381 e. The lowest BCUT2D eigenvalue weighted by Crippen LogP contribution is -2.55. The minimum atomic E-state index is -0.557. The molecule has 1 amide bonds. The molecule has 3 heterocycles. The van der Waals surface area contributed by atoms with E-state index in [1.165, 1.54) is 0 Å². The molecule has 1 aromatic heterocycles. The van der Waals surface area contributed by atoms with E-state index in [9.17, 15) is 4.79 Å². The molecule has 1 N–H and O–H groups in total. The molecule has 2 aliphatic heterocycles. The standard InChI is InChI=1S/C24H31ClN4O2/c1-17-27-20(15-21(26-3)28-17)23(2)9-4-12-29(16-23)22(30)24(10-13-31-14-11-24)18-5-7-19(25)8-6-18/h5-8,15H,4,9-14,16H2,1-3H3,(H,26,27,28)/t23-/m0/s1. The van der Waals surface area contributed by atoms with Crippen LogP contribution in [0.4, 0.5) is 5.82 Å². The Labute approximate surface area is 189 Å². The van der Waals surface area contributed by atoms with Gasteiger partial charge in [0.05, 0.1) is 11.1 Å². The van der Waals surface area contributed by atoms with Crippen molar-refractivity contribution in [3.63, 3.8) is 0 Å². The molecule has 0 aliphatic carbocycles. The summed E-state index contributed by atoms with van der Waals surface area (Å²) in [7, 11) is 1.87. The Hall–Kier alpha value is -2.18. The van der Waals surface area contributed by atoms with Crippen LogP contribution in [-0.4, -0.2) is 54.1 Å². The minimum absolute atomic E-state index is 0.198. The van der Waals surface area contributed by atoms with Crippen LogP contribution in [0.25, 0.3) is 0 Å². The van der Waals surface area contributed by atoms with E-state index < -0.39 is 5.41 Å². The first-order valence-corrected chi connectivity index (χ1v) is 11.4. The molecule has 4 rings (SSSR count). The normalized spacial score (nSPS) is 23.4. The SMILES string of the molecule is CNc1cc([C@@]2(C)CCCN(C(=O)C3(c4ccc(Cl)cc4)CCOCC3)C2)nc(C)n1. The first-order valence-electron chi connectivity index (χ1n) is 11.0. The molecule has 0 bridgehead atoms. The summed E-state index contributed by atoms with van der Waals surface area (Å²) in [6.45, 7) is 6.74. The van der Waals surface area contributed by atoms with E-state index in [0.29, 0.717) is 37.6 Å². The molecular weight excluding hydrogens is 412 g/mol. The van der Waals surface area contributed by atoms with E-state index in [0.717, 1.165) is 42.3 Å². The van der Waals surface area contributed by atoms with Crippen LogP contribution in [-0.2, 0) is 20.4 Å². The van der Waals surface area contributed by atoms with Crippen molar-refractivity contribution in [3.05, 3.63) is 52.4 Å². The molecule has 0 radical (unpaired) electrons. The van der Waals surface area contributed by atoms with Gasteiger partial charge >= 0.3 is 0 Å². The van der Waals surface area contributed by atoms with E-state index in [1.54, 1.807) is 0 Å². The Balaban J connectivity index is 1.65. The maximum Gasteiger partial charge on any atom is 0.233 e. The van der Waals surface area contributed by atoms with Crippen molar-refractivity contribution in [2.75, 3.05) is 38.7 Å². The third-order valence-electron chi connectivity index (χ3n) is 6.85. The molecule has 7 heteroatoms. The molecule has 166 valence electrons. The molecule has 0 spiro atoms. The van der Waals surface area contributed by atoms with Crippen LogP contribution in [0.2, 0.25) is 5.02 Å². The van der Waals surface area contributed by atoms with Gasteiger partial charge in [-0.15, -0.1) is 0 Å². The zero-order valence-corrected chi connectivity index (χ0v) is 19.3. The smallest absolute Gasteiger partial charge is 0.233 e. The first kappa shape index (κ1) is 22.0. The number of rotatable bonds is 4. The van der Waals surface area contributed by atoms with Crippen molar-refractivity contribution < 1.29 is 9.53 Å². The maximum absolute atomic E-state index is 14.1. The summed E-state index contributed by atoms with van der Waals surface area (Å²) in [6, 6.07) is 9.78. The summed E-state index contributed by atoms with van der Waals surface area (Å²) in [4.78, 5) is 25.3. The molecule has 0 unspecified atom stereocenters. The zero-order valence-electron chi connectivity index (χ0n) is 18.6. The number of aromatic nitrogens is 2.